The lowest BCUT2D eigenvalue weighted by Crippen LogP contribution is -2.57. The number of esters is 3. The van der Waals surface area contributed by atoms with Crippen LogP contribution in [0, 0.1) is 35.5 Å². The number of cyclic esters (lactones) is 3. The van der Waals surface area contributed by atoms with Crippen LogP contribution in [0.5, 0.6) is 0 Å². The van der Waals surface area contributed by atoms with E-state index in [1.54, 1.807) is 62.3 Å². The molecule has 0 radical (unpaired) electrons. The van der Waals surface area contributed by atoms with Crippen molar-refractivity contribution >= 4 is 35.6 Å². The summed E-state index contributed by atoms with van der Waals surface area (Å²) in [6.45, 7) is 21.3. The summed E-state index contributed by atoms with van der Waals surface area (Å²) in [5.74, 6) is -6.45. The number of ether oxygens (including phenoxy) is 3. The van der Waals surface area contributed by atoms with E-state index in [0.717, 1.165) is 0 Å². The minimum Gasteiger partial charge on any atom is -0.451 e. The Morgan fingerprint density at radius 1 is 0.511 bits per heavy atom. The number of hydrogen-bond donors (Lipinski definition) is 0. The Kier molecular flexibility index (Phi) is 15.9. The van der Waals surface area contributed by atoms with Gasteiger partial charge in [0.2, 0.25) is 0 Å². The zero-order chi connectivity index (χ0) is 36.7. The predicted octanol–water partition coefficient (Wildman–Crippen LogP) is 3.93. The van der Waals surface area contributed by atoms with E-state index in [1.165, 1.54) is 35.8 Å². The van der Waals surface area contributed by atoms with E-state index >= 15 is 0 Å². The molecule has 12 heteroatoms. The van der Waals surface area contributed by atoms with E-state index in [-0.39, 0.29) is 18.3 Å². The van der Waals surface area contributed by atoms with Crippen LogP contribution >= 0.6 is 0 Å². The number of nitrogens with zero attached hydrogens (tertiary/aromatic N) is 3. The minimum atomic E-state index is -1.28. The van der Waals surface area contributed by atoms with E-state index in [2.05, 4.69) is 0 Å². The molecule has 0 aromatic carbocycles. The largest absolute Gasteiger partial charge is 0.451 e. The van der Waals surface area contributed by atoms with Crippen LogP contribution in [0.2, 0.25) is 0 Å². The maximum absolute atomic E-state index is 14.1. The number of rotatable bonds is 8. The fourth-order valence-electron chi connectivity index (χ4n) is 5.96. The first kappa shape index (κ1) is 41.8. The molecule has 0 bridgehead atoms. The van der Waals surface area contributed by atoms with Crippen LogP contribution in [-0.2, 0) is 43.0 Å². The molecule has 1 heterocycles. The van der Waals surface area contributed by atoms with Crippen molar-refractivity contribution in [3.8, 4) is 0 Å². The number of carbonyl (C=O) groups excluding carboxylic acids is 6. The first-order valence-corrected chi connectivity index (χ1v) is 17.0. The van der Waals surface area contributed by atoms with Crippen molar-refractivity contribution in [3.05, 3.63) is 0 Å². The fraction of sp³-hybridized carbons (Fsp3) is 0.829. The van der Waals surface area contributed by atoms with Crippen LogP contribution in [0.3, 0.4) is 0 Å². The Bertz CT molecular complexity index is 1120. The number of carbonyl (C=O) groups is 6. The van der Waals surface area contributed by atoms with Gasteiger partial charge in [-0.2, -0.15) is 0 Å². The molecule has 1 aliphatic rings. The second-order valence-electron chi connectivity index (χ2n) is 14.8. The molecule has 7 atom stereocenters. The lowest BCUT2D eigenvalue weighted by atomic mass is 9.95. The molecule has 47 heavy (non-hydrogen) atoms. The van der Waals surface area contributed by atoms with E-state index in [9.17, 15) is 28.8 Å². The highest BCUT2D eigenvalue weighted by molar-refractivity contribution is 5.94. The fourth-order valence-corrected chi connectivity index (χ4v) is 5.96. The SMILES string of the molecule is CCC(C)C1C(=O)OC(C(C)C)C(=O)N(C)C(C(C)C)C(=O)OC(C(C)C)C(=O)N(C)C(C(C)C)C(=O)OC(CC(C)C)C(=O)N1C. The molecule has 1 fully saturated rings. The Balaban J connectivity index is 3.98. The second kappa shape index (κ2) is 17.8. The zero-order valence-electron chi connectivity index (χ0n) is 31.4. The van der Waals surface area contributed by atoms with Crippen LogP contribution in [0.15, 0.2) is 0 Å². The predicted molar refractivity (Wildman–Crippen MR) is 178 cm³/mol. The van der Waals surface area contributed by atoms with Gasteiger partial charge in [0.1, 0.15) is 18.1 Å². The van der Waals surface area contributed by atoms with Gasteiger partial charge < -0.3 is 28.9 Å². The molecule has 0 N–H and O–H groups in total. The number of amides is 3. The molecule has 1 rings (SSSR count). The van der Waals surface area contributed by atoms with Crippen LogP contribution in [0.1, 0.15) is 95.9 Å². The molecule has 12 nitrogen and oxygen atoms in total. The number of hydrogen-bond acceptors (Lipinski definition) is 9. The first-order valence-electron chi connectivity index (χ1n) is 17.0. The summed E-state index contributed by atoms with van der Waals surface area (Å²) in [7, 11) is 4.35. The van der Waals surface area contributed by atoms with Gasteiger partial charge in [-0.25, -0.2) is 14.4 Å². The zero-order valence-corrected chi connectivity index (χ0v) is 31.4. The molecule has 3 amide bonds. The van der Waals surface area contributed by atoms with E-state index in [0.29, 0.717) is 6.42 Å². The number of likely N-dealkylation sites (N-methyl/N-ethyl adjacent to an activating group) is 3. The average molecular weight is 668 g/mol. The van der Waals surface area contributed by atoms with Crippen LogP contribution in [-0.4, -0.2) is 108 Å². The highest BCUT2D eigenvalue weighted by Gasteiger charge is 2.45. The third-order valence-corrected chi connectivity index (χ3v) is 8.87. The lowest BCUT2D eigenvalue weighted by Gasteiger charge is -2.38. The van der Waals surface area contributed by atoms with Gasteiger partial charge in [0.25, 0.3) is 17.7 Å². The van der Waals surface area contributed by atoms with Crippen molar-refractivity contribution in [1.29, 1.82) is 0 Å². The average Bonchev–Trinajstić information content (AvgIpc) is 2.95. The molecule has 0 spiro atoms. The summed E-state index contributed by atoms with van der Waals surface area (Å²) in [4.78, 5) is 87.2. The summed E-state index contributed by atoms with van der Waals surface area (Å²) >= 11 is 0. The van der Waals surface area contributed by atoms with Gasteiger partial charge in [-0.1, -0.05) is 89.5 Å². The van der Waals surface area contributed by atoms with Gasteiger partial charge in [-0.15, -0.1) is 0 Å². The van der Waals surface area contributed by atoms with Crippen molar-refractivity contribution in [2.75, 3.05) is 21.1 Å². The Labute approximate surface area is 282 Å². The minimum absolute atomic E-state index is 0.0639. The highest BCUT2D eigenvalue weighted by atomic mass is 16.6. The quantitative estimate of drug-likeness (QED) is 0.278. The Hall–Kier alpha value is -3.18. The summed E-state index contributed by atoms with van der Waals surface area (Å²) in [5, 5.41) is 0. The van der Waals surface area contributed by atoms with Crippen molar-refractivity contribution in [1.82, 2.24) is 14.7 Å². The second-order valence-corrected chi connectivity index (χ2v) is 14.8. The van der Waals surface area contributed by atoms with E-state index < -0.39 is 95.7 Å². The standard InChI is InChI=1S/C35H61N3O9/c1-16-23(12)27-35(44)47-29(22(10)11)32(41)37(14)26(20(6)7)34(43)46-28(21(8)9)31(40)36(13)25(19(4)5)33(42)45-24(17-18(2)3)30(39)38(27)15/h18-29H,16-17H2,1-15H3. The molecule has 270 valence electrons. The summed E-state index contributed by atoms with van der Waals surface area (Å²) in [6.07, 6.45) is -3.14. The molecule has 0 aromatic heterocycles. The molecule has 1 saturated heterocycles. The van der Waals surface area contributed by atoms with Gasteiger partial charge in [-0.3, -0.25) is 14.4 Å². The first-order chi connectivity index (χ1) is 21.6. The molecule has 0 aromatic rings. The van der Waals surface area contributed by atoms with Crippen molar-refractivity contribution in [3.63, 3.8) is 0 Å². The maximum Gasteiger partial charge on any atom is 0.329 e. The highest BCUT2D eigenvalue weighted by Crippen LogP contribution is 2.26. The molecule has 1 aliphatic heterocycles. The van der Waals surface area contributed by atoms with Gasteiger partial charge >= 0.3 is 17.9 Å². The van der Waals surface area contributed by atoms with Crippen LogP contribution in [0.4, 0.5) is 0 Å². The van der Waals surface area contributed by atoms with Crippen LogP contribution in [0.25, 0.3) is 0 Å². The maximum atomic E-state index is 14.1. The van der Waals surface area contributed by atoms with E-state index in [1.807, 2.05) is 20.8 Å². The smallest absolute Gasteiger partial charge is 0.329 e. The normalized spacial score (nSPS) is 27.4. The Morgan fingerprint density at radius 3 is 1.17 bits per heavy atom. The van der Waals surface area contributed by atoms with Crippen molar-refractivity contribution in [2.45, 2.75) is 132 Å². The van der Waals surface area contributed by atoms with Gasteiger partial charge in [0.05, 0.1) is 0 Å². The Morgan fingerprint density at radius 2 is 0.851 bits per heavy atom. The third kappa shape index (κ3) is 10.4. The topological polar surface area (TPSA) is 140 Å². The molecular weight excluding hydrogens is 606 g/mol. The summed E-state index contributed by atoms with van der Waals surface area (Å²) < 4.78 is 17.6. The lowest BCUT2D eigenvalue weighted by molar-refractivity contribution is -0.181. The van der Waals surface area contributed by atoms with E-state index in [4.69, 9.17) is 14.2 Å². The van der Waals surface area contributed by atoms with Crippen molar-refractivity contribution < 1.29 is 43.0 Å². The van der Waals surface area contributed by atoms with Gasteiger partial charge in [-0.05, 0) is 41.9 Å². The molecule has 7 unspecified atom stereocenters. The molecule has 0 saturated carbocycles. The van der Waals surface area contributed by atoms with Crippen molar-refractivity contribution in [2.24, 2.45) is 35.5 Å². The van der Waals surface area contributed by atoms with Crippen LogP contribution < -0.4 is 0 Å². The molecular formula is C35H61N3O9. The molecule has 0 aliphatic carbocycles. The monoisotopic (exact) mass is 667 g/mol. The van der Waals surface area contributed by atoms with Gasteiger partial charge in [0.15, 0.2) is 18.3 Å². The summed E-state index contributed by atoms with van der Waals surface area (Å²) in [5.41, 5.74) is 0. The van der Waals surface area contributed by atoms with Gasteiger partial charge in [0, 0.05) is 21.1 Å². The summed E-state index contributed by atoms with van der Waals surface area (Å²) in [6, 6.07) is -3.32. The third-order valence-electron chi connectivity index (χ3n) is 8.87.